The zero-order chi connectivity index (χ0) is 19.1. The lowest BCUT2D eigenvalue weighted by molar-refractivity contribution is 0.148. The van der Waals surface area contributed by atoms with Crippen LogP contribution in [0.25, 0.3) is 0 Å². The van der Waals surface area contributed by atoms with E-state index in [4.69, 9.17) is 4.74 Å². The molecule has 0 aromatic heterocycles. The lowest BCUT2D eigenvalue weighted by atomic mass is 10.2. The van der Waals surface area contributed by atoms with Crippen molar-refractivity contribution in [3.8, 4) is 5.75 Å². The van der Waals surface area contributed by atoms with E-state index in [1.165, 1.54) is 5.56 Å². The van der Waals surface area contributed by atoms with E-state index in [0.717, 1.165) is 38.4 Å². The van der Waals surface area contributed by atoms with Gasteiger partial charge in [-0.2, -0.15) is 0 Å². The lowest BCUT2D eigenvalue weighted by Gasteiger charge is -2.32. The van der Waals surface area contributed by atoms with Gasteiger partial charge in [-0.3, -0.25) is 4.90 Å². The number of piperazine rings is 1. The van der Waals surface area contributed by atoms with Crippen molar-refractivity contribution in [2.45, 2.75) is 13.5 Å². The third-order valence-corrected chi connectivity index (χ3v) is 4.65. The van der Waals surface area contributed by atoms with Crippen molar-refractivity contribution in [1.29, 1.82) is 0 Å². The minimum absolute atomic E-state index is 0.283. The largest absolute Gasteiger partial charge is 0.492 e. The van der Waals surface area contributed by atoms with Crippen LogP contribution in [0.2, 0.25) is 0 Å². The van der Waals surface area contributed by atoms with Crippen molar-refractivity contribution in [2.24, 2.45) is 0 Å². The molecule has 1 aliphatic rings. The van der Waals surface area contributed by atoms with Crippen LogP contribution in [0.1, 0.15) is 12.5 Å². The Labute approximate surface area is 161 Å². The molecular formula is C21H28N4O2. The van der Waals surface area contributed by atoms with Gasteiger partial charge in [-0.1, -0.05) is 24.3 Å². The maximum atomic E-state index is 12.3. The average molecular weight is 368 g/mol. The number of anilines is 2. The third kappa shape index (κ3) is 5.70. The van der Waals surface area contributed by atoms with Crippen LogP contribution in [0.5, 0.6) is 5.75 Å². The zero-order valence-electron chi connectivity index (χ0n) is 16.1. The summed E-state index contributed by atoms with van der Waals surface area (Å²) in [6, 6.07) is 15.2. The lowest BCUT2D eigenvalue weighted by Crippen LogP contribution is -2.43. The second kappa shape index (κ2) is 9.39. The molecule has 0 bridgehead atoms. The predicted octanol–water partition coefficient (Wildman–Crippen LogP) is 3.48. The van der Waals surface area contributed by atoms with Crippen LogP contribution in [-0.4, -0.2) is 55.7 Å². The fourth-order valence-electron chi connectivity index (χ4n) is 3.09. The molecule has 6 nitrogen and oxygen atoms in total. The first-order chi connectivity index (χ1) is 13.1. The smallest absolute Gasteiger partial charge is 0.323 e. The van der Waals surface area contributed by atoms with E-state index >= 15 is 0 Å². The number of nitrogens with zero attached hydrogens (tertiary/aromatic N) is 2. The minimum atomic E-state index is -0.283. The molecule has 1 aliphatic heterocycles. The van der Waals surface area contributed by atoms with Crippen LogP contribution in [0.3, 0.4) is 0 Å². The van der Waals surface area contributed by atoms with Gasteiger partial charge in [-0.25, -0.2) is 4.79 Å². The normalized spacial score (nSPS) is 15.3. The summed E-state index contributed by atoms with van der Waals surface area (Å²) in [6.45, 7) is 7.83. The number of nitrogens with one attached hydrogen (secondary N) is 2. The summed E-state index contributed by atoms with van der Waals surface area (Å²) in [5.41, 5.74) is 2.68. The molecule has 6 heteroatoms. The van der Waals surface area contributed by atoms with Gasteiger partial charge < -0.3 is 20.3 Å². The van der Waals surface area contributed by atoms with E-state index in [2.05, 4.69) is 39.6 Å². The summed E-state index contributed by atoms with van der Waals surface area (Å²) < 4.78 is 5.53. The van der Waals surface area contributed by atoms with E-state index in [1.807, 2.05) is 43.3 Å². The number of amides is 2. The molecule has 0 aliphatic carbocycles. The second-order valence-electron chi connectivity index (χ2n) is 6.78. The van der Waals surface area contributed by atoms with Gasteiger partial charge in [0.15, 0.2) is 0 Å². The van der Waals surface area contributed by atoms with Crippen molar-refractivity contribution in [3.63, 3.8) is 0 Å². The Hall–Kier alpha value is -2.57. The van der Waals surface area contributed by atoms with Gasteiger partial charge in [0.1, 0.15) is 5.75 Å². The predicted molar refractivity (Wildman–Crippen MR) is 109 cm³/mol. The van der Waals surface area contributed by atoms with Crippen LogP contribution in [0, 0.1) is 0 Å². The number of ether oxygens (including phenoxy) is 1. The van der Waals surface area contributed by atoms with Gasteiger partial charge in [0.25, 0.3) is 0 Å². The fraction of sp³-hybridized carbons (Fsp3) is 0.381. The van der Waals surface area contributed by atoms with Gasteiger partial charge in [0.2, 0.25) is 0 Å². The Morgan fingerprint density at radius 2 is 1.70 bits per heavy atom. The van der Waals surface area contributed by atoms with Crippen molar-refractivity contribution in [2.75, 3.05) is 50.5 Å². The Morgan fingerprint density at radius 1 is 1.00 bits per heavy atom. The summed E-state index contributed by atoms with van der Waals surface area (Å²) in [5.74, 6) is 0.665. The molecule has 2 N–H and O–H groups in total. The first-order valence-corrected chi connectivity index (χ1v) is 9.43. The molecule has 1 fully saturated rings. The Bertz CT molecular complexity index is 740. The first kappa shape index (κ1) is 19.2. The van der Waals surface area contributed by atoms with Crippen molar-refractivity contribution >= 4 is 17.4 Å². The summed E-state index contributed by atoms with van der Waals surface area (Å²) in [6.07, 6.45) is 0. The molecule has 0 atom stereocenters. The van der Waals surface area contributed by atoms with Gasteiger partial charge in [-0.05, 0) is 43.8 Å². The summed E-state index contributed by atoms with van der Waals surface area (Å²) >= 11 is 0. The van der Waals surface area contributed by atoms with Gasteiger partial charge in [-0.15, -0.1) is 0 Å². The molecular weight excluding hydrogens is 340 g/mol. The van der Waals surface area contributed by atoms with E-state index in [1.54, 1.807) is 0 Å². The number of benzene rings is 2. The summed E-state index contributed by atoms with van der Waals surface area (Å²) in [4.78, 5) is 17.1. The van der Waals surface area contributed by atoms with E-state index < -0.39 is 0 Å². The van der Waals surface area contributed by atoms with Crippen LogP contribution >= 0.6 is 0 Å². The van der Waals surface area contributed by atoms with Crippen LogP contribution in [-0.2, 0) is 6.54 Å². The highest BCUT2D eigenvalue weighted by atomic mass is 16.5. The van der Waals surface area contributed by atoms with Crippen molar-refractivity contribution in [3.05, 3.63) is 54.1 Å². The molecule has 1 heterocycles. The molecule has 144 valence electrons. The molecule has 2 aromatic carbocycles. The molecule has 0 unspecified atom stereocenters. The number of carbonyl (C=O) groups is 1. The van der Waals surface area contributed by atoms with E-state index in [0.29, 0.717) is 18.0 Å². The topological polar surface area (TPSA) is 56.8 Å². The number of rotatable bonds is 6. The monoisotopic (exact) mass is 368 g/mol. The molecule has 0 radical (unpaired) electrons. The van der Waals surface area contributed by atoms with Crippen LogP contribution < -0.4 is 15.4 Å². The molecule has 0 saturated carbocycles. The third-order valence-electron chi connectivity index (χ3n) is 4.65. The Kier molecular flexibility index (Phi) is 6.68. The first-order valence-electron chi connectivity index (χ1n) is 9.43. The number of likely N-dealkylation sites (N-methyl/N-ethyl adjacent to an activating group) is 1. The molecule has 27 heavy (non-hydrogen) atoms. The quantitative estimate of drug-likeness (QED) is 0.820. The number of hydrogen-bond acceptors (Lipinski definition) is 4. The molecule has 0 spiro atoms. The van der Waals surface area contributed by atoms with Crippen LogP contribution in [0.4, 0.5) is 16.2 Å². The Balaban J connectivity index is 1.53. The maximum absolute atomic E-state index is 12.3. The van der Waals surface area contributed by atoms with E-state index in [-0.39, 0.29) is 6.03 Å². The Morgan fingerprint density at radius 3 is 2.41 bits per heavy atom. The number of carbonyl (C=O) groups excluding carboxylic acids is 1. The standard InChI is InChI=1S/C21H28N4O2/c1-3-27-20-7-5-4-6-19(20)23-21(26)22-18-10-8-17(9-11-18)16-25-14-12-24(2)13-15-25/h4-11H,3,12-16H2,1-2H3,(H2,22,23,26). The average Bonchev–Trinajstić information content (AvgIpc) is 2.67. The highest BCUT2D eigenvalue weighted by Crippen LogP contribution is 2.24. The summed E-state index contributed by atoms with van der Waals surface area (Å²) in [7, 11) is 2.16. The van der Waals surface area contributed by atoms with Crippen molar-refractivity contribution in [1.82, 2.24) is 9.80 Å². The maximum Gasteiger partial charge on any atom is 0.323 e. The molecule has 2 aromatic rings. The number of urea groups is 1. The fourth-order valence-corrected chi connectivity index (χ4v) is 3.09. The number of para-hydroxylation sites is 2. The number of hydrogen-bond donors (Lipinski definition) is 2. The van der Waals surface area contributed by atoms with Gasteiger partial charge in [0, 0.05) is 38.4 Å². The van der Waals surface area contributed by atoms with Gasteiger partial charge in [0.05, 0.1) is 12.3 Å². The second-order valence-corrected chi connectivity index (χ2v) is 6.78. The summed E-state index contributed by atoms with van der Waals surface area (Å²) in [5, 5.41) is 5.71. The highest BCUT2D eigenvalue weighted by Gasteiger charge is 2.14. The SMILES string of the molecule is CCOc1ccccc1NC(=O)Nc1ccc(CN2CCN(C)CC2)cc1. The molecule has 2 amide bonds. The van der Waals surface area contributed by atoms with E-state index in [9.17, 15) is 4.79 Å². The highest BCUT2D eigenvalue weighted by molar-refractivity contribution is 6.00. The molecule has 1 saturated heterocycles. The molecule has 3 rings (SSSR count). The van der Waals surface area contributed by atoms with Gasteiger partial charge >= 0.3 is 6.03 Å². The van der Waals surface area contributed by atoms with Crippen LogP contribution in [0.15, 0.2) is 48.5 Å². The van der Waals surface area contributed by atoms with Crippen molar-refractivity contribution < 1.29 is 9.53 Å². The minimum Gasteiger partial charge on any atom is -0.492 e. The zero-order valence-corrected chi connectivity index (χ0v) is 16.1.